The topological polar surface area (TPSA) is 63.7 Å². The lowest BCUT2D eigenvalue weighted by atomic mass is 9.83. The molecule has 6 heteroatoms. The summed E-state index contributed by atoms with van der Waals surface area (Å²) in [7, 11) is -3.09. The first-order chi connectivity index (χ1) is 10.5. The Morgan fingerprint density at radius 3 is 2.59 bits per heavy atom. The molecule has 0 bridgehead atoms. The Balaban J connectivity index is 1.57. The number of nitrogens with zero attached hydrogens (tertiary/aromatic N) is 1. The molecule has 126 valence electrons. The fourth-order valence-corrected chi connectivity index (χ4v) is 6.03. The number of likely N-dealkylation sites (tertiary alicyclic amines) is 1. The van der Waals surface area contributed by atoms with E-state index < -0.39 is 14.6 Å². The summed E-state index contributed by atoms with van der Waals surface area (Å²) in [5.74, 6) is 1.11. The monoisotopic (exact) mass is 329 g/mol. The van der Waals surface area contributed by atoms with E-state index in [1.807, 2.05) is 0 Å². The van der Waals surface area contributed by atoms with Crippen molar-refractivity contribution in [2.75, 3.05) is 32.1 Å². The minimum atomic E-state index is -3.09. The second-order valence-electron chi connectivity index (χ2n) is 7.20. The number of amides is 1. The molecular weight excluding hydrogens is 302 g/mol. The van der Waals surface area contributed by atoms with Crippen LogP contribution in [-0.2, 0) is 19.4 Å². The van der Waals surface area contributed by atoms with E-state index in [2.05, 4.69) is 6.92 Å². The minimum absolute atomic E-state index is 0.0616. The molecular formula is C16H27NO4S. The predicted octanol–water partition coefficient (Wildman–Crippen LogP) is 1.62. The molecule has 2 heterocycles. The third-order valence-electron chi connectivity index (χ3n) is 5.48. The van der Waals surface area contributed by atoms with Gasteiger partial charge < -0.3 is 9.64 Å². The summed E-state index contributed by atoms with van der Waals surface area (Å²) in [5, 5.41) is 0. The molecule has 22 heavy (non-hydrogen) atoms. The van der Waals surface area contributed by atoms with E-state index in [0.717, 1.165) is 19.4 Å². The first-order valence-corrected chi connectivity index (χ1v) is 10.2. The zero-order valence-corrected chi connectivity index (χ0v) is 14.2. The average molecular weight is 329 g/mol. The maximum absolute atomic E-state index is 12.5. The van der Waals surface area contributed by atoms with Crippen molar-refractivity contribution in [1.29, 1.82) is 0 Å². The van der Waals surface area contributed by atoms with E-state index in [9.17, 15) is 13.2 Å². The Morgan fingerprint density at radius 2 is 1.95 bits per heavy atom. The predicted molar refractivity (Wildman–Crippen MR) is 84.3 cm³/mol. The average Bonchev–Trinajstić information content (AvgIpc) is 3.19. The van der Waals surface area contributed by atoms with Gasteiger partial charge in [-0.2, -0.15) is 0 Å². The molecule has 1 amide bonds. The van der Waals surface area contributed by atoms with Gasteiger partial charge in [0.2, 0.25) is 5.91 Å². The smallest absolute Gasteiger partial charge is 0.222 e. The van der Waals surface area contributed by atoms with E-state index in [1.165, 1.54) is 12.8 Å². The summed E-state index contributed by atoms with van der Waals surface area (Å²) in [5.41, 5.74) is 0. The number of hydrogen-bond acceptors (Lipinski definition) is 4. The summed E-state index contributed by atoms with van der Waals surface area (Å²) in [6.07, 6.45) is 5.57. The number of carbonyl (C=O) groups excluding carboxylic acids is 1. The van der Waals surface area contributed by atoms with Gasteiger partial charge in [0.15, 0.2) is 9.84 Å². The van der Waals surface area contributed by atoms with E-state index in [4.69, 9.17) is 4.74 Å². The van der Waals surface area contributed by atoms with Gasteiger partial charge in [-0.05, 0) is 31.6 Å². The summed E-state index contributed by atoms with van der Waals surface area (Å²) in [4.78, 5) is 13.8. The molecule has 2 aliphatic heterocycles. The number of unbranched alkanes of at least 4 members (excludes halogenated alkanes) is 1. The molecule has 1 aliphatic carbocycles. The van der Waals surface area contributed by atoms with Crippen molar-refractivity contribution in [2.45, 2.75) is 50.2 Å². The van der Waals surface area contributed by atoms with Crippen molar-refractivity contribution >= 4 is 15.7 Å². The highest BCUT2D eigenvalue weighted by atomic mass is 32.2. The largest absolute Gasteiger partial charge is 0.381 e. The Bertz CT molecular complexity index is 520. The van der Waals surface area contributed by atoms with Crippen LogP contribution in [0.15, 0.2) is 0 Å². The molecule has 1 spiro atoms. The fourth-order valence-electron chi connectivity index (χ4n) is 3.63. The van der Waals surface area contributed by atoms with Gasteiger partial charge in [-0.1, -0.05) is 13.3 Å². The van der Waals surface area contributed by atoms with Crippen LogP contribution in [0, 0.1) is 11.8 Å². The maximum Gasteiger partial charge on any atom is 0.222 e. The van der Waals surface area contributed by atoms with Crippen LogP contribution in [0.5, 0.6) is 0 Å². The Kier molecular flexibility index (Phi) is 4.52. The van der Waals surface area contributed by atoms with Gasteiger partial charge in [0.25, 0.3) is 0 Å². The molecule has 5 nitrogen and oxygen atoms in total. The zero-order valence-electron chi connectivity index (χ0n) is 13.4. The van der Waals surface area contributed by atoms with Crippen LogP contribution in [0.1, 0.15) is 45.4 Å². The lowest BCUT2D eigenvalue weighted by Gasteiger charge is -2.50. The van der Waals surface area contributed by atoms with E-state index in [1.54, 1.807) is 4.90 Å². The SMILES string of the molecule is CCCCC(=O)N1CC2(C1)[C@@H](COCC1CC1)CCS2(=O)=O. The van der Waals surface area contributed by atoms with Crippen molar-refractivity contribution in [2.24, 2.45) is 11.8 Å². The Hall–Kier alpha value is -0.620. The van der Waals surface area contributed by atoms with Crippen LogP contribution in [-0.4, -0.2) is 56.0 Å². The first-order valence-electron chi connectivity index (χ1n) is 8.56. The molecule has 0 radical (unpaired) electrons. The highest BCUT2D eigenvalue weighted by molar-refractivity contribution is 7.93. The minimum Gasteiger partial charge on any atom is -0.381 e. The van der Waals surface area contributed by atoms with Gasteiger partial charge in [-0.15, -0.1) is 0 Å². The molecule has 3 fully saturated rings. The third kappa shape index (κ3) is 2.92. The summed E-state index contributed by atoms with van der Waals surface area (Å²) in [6, 6.07) is 0. The molecule has 0 aromatic heterocycles. The van der Waals surface area contributed by atoms with Crippen LogP contribution in [0.25, 0.3) is 0 Å². The lowest BCUT2D eigenvalue weighted by molar-refractivity contribution is -0.138. The van der Waals surface area contributed by atoms with Crippen LogP contribution < -0.4 is 0 Å². The fraction of sp³-hybridized carbons (Fsp3) is 0.938. The van der Waals surface area contributed by atoms with Crippen LogP contribution in [0.2, 0.25) is 0 Å². The first kappa shape index (κ1) is 16.2. The van der Waals surface area contributed by atoms with Crippen molar-refractivity contribution in [3.05, 3.63) is 0 Å². The van der Waals surface area contributed by atoms with Gasteiger partial charge in [0, 0.05) is 32.0 Å². The highest BCUT2D eigenvalue weighted by Gasteiger charge is 2.62. The molecule has 0 aromatic rings. The highest BCUT2D eigenvalue weighted by Crippen LogP contribution is 2.45. The lowest BCUT2D eigenvalue weighted by Crippen LogP contribution is -2.68. The quantitative estimate of drug-likeness (QED) is 0.712. The van der Waals surface area contributed by atoms with Gasteiger partial charge in [-0.3, -0.25) is 4.79 Å². The normalized spacial score (nSPS) is 28.8. The van der Waals surface area contributed by atoms with Crippen LogP contribution in [0.4, 0.5) is 0 Å². The molecule has 0 unspecified atom stereocenters. The second kappa shape index (κ2) is 6.11. The number of hydrogen-bond donors (Lipinski definition) is 0. The maximum atomic E-state index is 12.5. The van der Waals surface area contributed by atoms with E-state index >= 15 is 0 Å². The number of rotatable bonds is 7. The molecule has 2 saturated heterocycles. The molecule has 3 rings (SSSR count). The second-order valence-corrected chi connectivity index (χ2v) is 9.65. The van der Waals surface area contributed by atoms with Crippen LogP contribution in [0.3, 0.4) is 0 Å². The Labute approximate surface area is 133 Å². The van der Waals surface area contributed by atoms with Crippen molar-refractivity contribution in [3.8, 4) is 0 Å². The molecule has 1 atom stereocenters. The number of carbonyl (C=O) groups is 1. The van der Waals surface area contributed by atoms with Gasteiger partial charge in [0.1, 0.15) is 4.75 Å². The van der Waals surface area contributed by atoms with Gasteiger partial charge in [-0.25, -0.2) is 8.42 Å². The van der Waals surface area contributed by atoms with Crippen LogP contribution >= 0.6 is 0 Å². The zero-order chi connectivity index (χ0) is 15.8. The summed E-state index contributed by atoms with van der Waals surface area (Å²) < 4.78 is 30.0. The van der Waals surface area contributed by atoms with Gasteiger partial charge >= 0.3 is 0 Å². The Morgan fingerprint density at radius 1 is 1.23 bits per heavy atom. The van der Waals surface area contributed by atoms with Crippen molar-refractivity contribution in [1.82, 2.24) is 4.90 Å². The summed E-state index contributed by atoms with van der Waals surface area (Å²) >= 11 is 0. The molecule has 0 aromatic carbocycles. The molecule has 1 saturated carbocycles. The number of ether oxygens (including phenoxy) is 1. The van der Waals surface area contributed by atoms with E-state index in [-0.39, 0.29) is 17.6 Å². The molecule has 3 aliphatic rings. The third-order valence-corrected chi connectivity index (χ3v) is 8.09. The molecule has 0 N–H and O–H groups in total. The standard InChI is InChI=1S/C16H27NO4S/c1-2-3-4-15(18)17-11-16(12-17)14(7-8-22(16,19)20)10-21-9-13-5-6-13/h13-14H,2-12H2,1H3/t14-/m1/s1. The van der Waals surface area contributed by atoms with Crippen molar-refractivity contribution < 1.29 is 17.9 Å². The van der Waals surface area contributed by atoms with Crippen molar-refractivity contribution in [3.63, 3.8) is 0 Å². The number of sulfone groups is 1. The van der Waals surface area contributed by atoms with E-state index in [0.29, 0.717) is 38.5 Å². The van der Waals surface area contributed by atoms with Gasteiger partial charge in [0.05, 0.1) is 12.4 Å². The summed E-state index contributed by atoms with van der Waals surface area (Å²) in [6.45, 7) is 4.13.